The number of nitrogens with two attached hydrogens (primary N) is 1. The topological polar surface area (TPSA) is 73.1 Å². The summed E-state index contributed by atoms with van der Waals surface area (Å²) in [4.78, 5) is 7.20. The van der Waals surface area contributed by atoms with E-state index in [0.717, 1.165) is 13.0 Å². The standard InChI is InChI=1S/C8H11FN4O/c9-6-3-7(13-8(10)12-6)11-5-1-2-14-4-5/h3,5H,1-2,4H2,(H3,10,11,12,13). The highest BCUT2D eigenvalue weighted by Gasteiger charge is 2.16. The molecule has 0 radical (unpaired) electrons. The van der Waals surface area contributed by atoms with Crippen molar-refractivity contribution in [2.24, 2.45) is 0 Å². The molecule has 0 spiro atoms. The van der Waals surface area contributed by atoms with Crippen LogP contribution in [-0.2, 0) is 4.74 Å². The number of hydrogen-bond acceptors (Lipinski definition) is 5. The number of halogens is 1. The lowest BCUT2D eigenvalue weighted by atomic mass is 10.2. The van der Waals surface area contributed by atoms with Crippen LogP contribution in [0.1, 0.15) is 6.42 Å². The van der Waals surface area contributed by atoms with Gasteiger partial charge >= 0.3 is 0 Å². The van der Waals surface area contributed by atoms with Gasteiger partial charge in [0.1, 0.15) is 5.82 Å². The Labute approximate surface area is 80.5 Å². The molecule has 76 valence electrons. The van der Waals surface area contributed by atoms with Gasteiger partial charge in [0.15, 0.2) is 0 Å². The second-order valence-electron chi connectivity index (χ2n) is 3.14. The summed E-state index contributed by atoms with van der Waals surface area (Å²) in [6, 6.07) is 1.40. The number of hydrogen-bond donors (Lipinski definition) is 2. The minimum Gasteiger partial charge on any atom is -0.379 e. The lowest BCUT2D eigenvalue weighted by Crippen LogP contribution is -2.20. The first-order valence-corrected chi connectivity index (χ1v) is 4.38. The maximum Gasteiger partial charge on any atom is 0.224 e. The van der Waals surface area contributed by atoms with Crippen molar-refractivity contribution in [3.05, 3.63) is 12.0 Å². The summed E-state index contributed by atoms with van der Waals surface area (Å²) in [5, 5.41) is 3.03. The van der Waals surface area contributed by atoms with Crippen molar-refractivity contribution in [2.45, 2.75) is 12.5 Å². The fourth-order valence-corrected chi connectivity index (χ4v) is 1.37. The fraction of sp³-hybridized carbons (Fsp3) is 0.500. The van der Waals surface area contributed by atoms with Crippen LogP contribution in [0.4, 0.5) is 16.2 Å². The smallest absolute Gasteiger partial charge is 0.224 e. The van der Waals surface area contributed by atoms with Crippen molar-refractivity contribution in [1.29, 1.82) is 0 Å². The van der Waals surface area contributed by atoms with E-state index in [0.29, 0.717) is 12.4 Å². The highest BCUT2D eigenvalue weighted by atomic mass is 19.1. The number of nitrogens with one attached hydrogen (secondary N) is 1. The van der Waals surface area contributed by atoms with Gasteiger partial charge in [-0.2, -0.15) is 14.4 Å². The molecule has 1 aromatic heterocycles. The zero-order valence-electron chi connectivity index (χ0n) is 7.53. The second kappa shape index (κ2) is 3.75. The number of anilines is 2. The number of nitrogens with zero attached hydrogens (tertiary/aromatic N) is 2. The predicted molar refractivity (Wildman–Crippen MR) is 49.2 cm³/mol. The summed E-state index contributed by atoms with van der Waals surface area (Å²) in [7, 11) is 0. The third-order valence-electron chi connectivity index (χ3n) is 1.99. The van der Waals surface area contributed by atoms with E-state index in [1.807, 2.05) is 0 Å². The van der Waals surface area contributed by atoms with Gasteiger partial charge in [0.25, 0.3) is 0 Å². The van der Waals surface area contributed by atoms with Crippen LogP contribution in [0.5, 0.6) is 0 Å². The minimum atomic E-state index is -0.626. The van der Waals surface area contributed by atoms with Crippen molar-refractivity contribution < 1.29 is 9.13 Å². The van der Waals surface area contributed by atoms with Crippen LogP contribution in [0.25, 0.3) is 0 Å². The maximum atomic E-state index is 12.8. The van der Waals surface area contributed by atoms with Crippen molar-refractivity contribution in [1.82, 2.24) is 9.97 Å². The van der Waals surface area contributed by atoms with E-state index >= 15 is 0 Å². The van der Waals surface area contributed by atoms with Crippen molar-refractivity contribution in [3.8, 4) is 0 Å². The third-order valence-corrected chi connectivity index (χ3v) is 1.99. The molecule has 1 saturated heterocycles. The minimum absolute atomic E-state index is 0.0635. The molecule has 1 aliphatic rings. The summed E-state index contributed by atoms with van der Waals surface area (Å²) in [5.74, 6) is -0.282. The molecule has 1 aromatic rings. The molecule has 2 heterocycles. The molecule has 14 heavy (non-hydrogen) atoms. The van der Waals surface area contributed by atoms with E-state index in [1.165, 1.54) is 6.07 Å². The van der Waals surface area contributed by atoms with E-state index in [4.69, 9.17) is 10.5 Å². The molecule has 0 amide bonds. The zero-order valence-corrected chi connectivity index (χ0v) is 7.53. The number of nitrogen functional groups attached to an aromatic ring is 1. The van der Waals surface area contributed by atoms with E-state index in [-0.39, 0.29) is 12.0 Å². The summed E-state index contributed by atoms with van der Waals surface area (Å²) < 4.78 is 18.0. The van der Waals surface area contributed by atoms with Crippen LogP contribution in [0.3, 0.4) is 0 Å². The summed E-state index contributed by atoms with van der Waals surface area (Å²) >= 11 is 0. The molecule has 6 heteroatoms. The quantitative estimate of drug-likeness (QED) is 0.673. The molecule has 0 bridgehead atoms. The molecule has 1 unspecified atom stereocenters. The molecule has 1 fully saturated rings. The average Bonchev–Trinajstić information content (AvgIpc) is 2.54. The van der Waals surface area contributed by atoms with Gasteiger partial charge in [-0.05, 0) is 6.42 Å². The molecule has 0 aromatic carbocycles. The summed E-state index contributed by atoms with van der Waals surface area (Å²) in [6.45, 7) is 1.34. The zero-order chi connectivity index (χ0) is 9.97. The van der Waals surface area contributed by atoms with Crippen LogP contribution in [0.2, 0.25) is 0 Å². The van der Waals surface area contributed by atoms with Crippen LogP contribution in [-0.4, -0.2) is 29.2 Å². The maximum absolute atomic E-state index is 12.8. The molecule has 0 aliphatic carbocycles. The monoisotopic (exact) mass is 198 g/mol. The Morgan fingerprint density at radius 2 is 2.43 bits per heavy atom. The first-order chi connectivity index (χ1) is 6.74. The molecule has 3 N–H and O–H groups in total. The number of rotatable bonds is 2. The van der Waals surface area contributed by atoms with Crippen LogP contribution in [0, 0.1) is 5.95 Å². The lowest BCUT2D eigenvalue weighted by Gasteiger charge is -2.10. The van der Waals surface area contributed by atoms with Crippen molar-refractivity contribution in [3.63, 3.8) is 0 Å². The Morgan fingerprint density at radius 1 is 1.57 bits per heavy atom. The molecule has 1 atom stereocenters. The average molecular weight is 198 g/mol. The molecule has 2 rings (SSSR count). The largest absolute Gasteiger partial charge is 0.379 e. The van der Waals surface area contributed by atoms with Crippen molar-refractivity contribution in [2.75, 3.05) is 24.3 Å². The molecule has 1 aliphatic heterocycles. The number of aromatic nitrogens is 2. The van der Waals surface area contributed by atoms with Gasteiger partial charge in [0.05, 0.1) is 12.6 Å². The van der Waals surface area contributed by atoms with Gasteiger partial charge in [-0.3, -0.25) is 0 Å². The van der Waals surface area contributed by atoms with E-state index < -0.39 is 5.95 Å². The Balaban J connectivity index is 2.07. The Kier molecular flexibility index (Phi) is 2.45. The highest BCUT2D eigenvalue weighted by Crippen LogP contribution is 2.12. The van der Waals surface area contributed by atoms with Gasteiger partial charge < -0.3 is 15.8 Å². The summed E-state index contributed by atoms with van der Waals surface area (Å²) in [5.41, 5.74) is 5.30. The first kappa shape index (κ1) is 9.14. The van der Waals surface area contributed by atoms with Gasteiger partial charge in [0.2, 0.25) is 11.9 Å². The molecular formula is C8H11FN4O. The van der Waals surface area contributed by atoms with Gasteiger partial charge in [0, 0.05) is 12.7 Å². The van der Waals surface area contributed by atoms with Crippen LogP contribution < -0.4 is 11.1 Å². The van der Waals surface area contributed by atoms with Gasteiger partial charge in [-0.1, -0.05) is 0 Å². The van der Waals surface area contributed by atoms with Gasteiger partial charge in [-0.15, -0.1) is 0 Å². The Hall–Kier alpha value is -1.43. The fourth-order valence-electron chi connectivity index (χ4n) is 1.37. The molecule has 5 nitrogen and oxygen atoms in total. The normalized spacial score (nSPS) is 21.1. The SMILES string of the molecule is Nc1nc(F)cc(NC2CCOC2)n1. The first-order valence-electron chi connectivity index (χ1n) is 4.38. The van der Waals surface area contributed by atoms with Gasteiger partial charge in [-0.25, -0.2) is 0 Å². The van der Waals surface area contributed by atoms with Crippen molar-refractivity contribution >= 4 is 11.8 Å². The summed E-state index contributed by atoms with van der Waals surface area (Å²) in [6.07, 6.45) is 0.894. The predicted octanol–water partition coefficient (Wildman–Crippen LogP) is 0.399. The van der Waals surface area contributed by atoms with Crippen LogP contribution in [0.15, 0.2) is 6.07 Å². The van der Waals surface area contributed by atoms with E-state index in [9.17, 15) is 4.39 Å². The second-order valence-corrected chi connectivity index (χ2v) is 3.14. The molecule has 0 saturated carbocycles. The lowest BCUT2D eigenvalue weighted by molar-refractivity contribution is 0.195. The van der Waals surface area contributed by atoms with E-state index in [2.05, 4.69) is 15.3 Å². The van der Waals surface area contributed by atoms with Crippen LogP contribution >= 0.6 is 0 Å². The van der Waals surface area contributed by atoms with E-state index in [1.54, 1.807) is 0 Å². The Bertz CT molecular complexity index is 307. The molecular weight excluding hydrogens is 187 g/mol. The third kappa shape index (κ3) is 2.08. The highest BCUT2D eigenvalue weighted by molar-refractivity contribution is 5.39. The Morgan fingerprint density at radius 3 is 3.07 bits per heavy atom. The number of ether oxygens (including phenoxy) is 1.